The van der Waals surface area contributed by atoms with E-state index in [0.29, 0.717) is 6.42 Å². The second-order valence-electron chi connectivity index (χ2n) is 13.5. The highest BCUT2D eigenvalue weighted by Gasteiger charge is 2.25. The fraction of sp³-hybridized carbons (Fsp3) is 0.698. The number of hydrogen-bond donors (Lipinski definition) is 3. The van der Waals surface area contributed by atoms with E-state index in [0.717, 1.165) is 57.8 Å². The van der Waals surface area contributed by atoms with Gasteiger partial charge in [-0.15, -0.1) is 0 Å². The van der Waals surface area contributed by atoms with E-state index >= 15 is 0 Å². The van der Waals surface area contributed by atoms with Crippen molar-refractivity contribution < 1.29 is 37.9 Å². The summed E-state index contributed by atoms with van der Waals surface area (Å²) in [4.78, 5) is 22.4. The number of aliphatic hydroxyl groups is 1. The number of rotatable bonds is 38. The second kappa shape index (κ2) is 39.4. The number of esters is 1. The molecule has 1 unspecified atom stereocenters. The van der Waals surface area contributed by atoms with Gasteiger partial charge in [-0.25, -0.2) is 4.57 Å². The number of phosphoric ester groups is 1. The number of allylic oxidation sites excluding steroid dienone is 11. The zero-order valence-electron chi connectivity index (χ0n) is 33.3. The van der Waals surface area contributed by atoms with Crippen molar-refractivity contribution >= 4 is 13.8 Å². The van der Waals surface area contributed by atoms with Gasteiger partial charge < -0.3 is 25.2 Å². The largest absolute Gasteiger partial charge is 0.498 e. The van der Waals surface area contributed by atoms with Crippen LogP contribution in [0.2, 0.25) is 0 Å². The van der Waals surface area contributed by atoms with Crippen molar-refractivity contribution in [1.29, 1.82) is 0 Å². The van der Waals surface area contributed by atoms with E-state index in [1.807, 2.05) is 13.0 Å². The Kier molecular flexibility index (Phi) is 37.8. The van der Waals surface area contributed by atoms with E-state index in [1.165, 1.54) is 70.6 Å². The number of ether oxygens (including phenoxy) is 2. The topological polar surface area (TPSA) is 138 Å². The molecule has 0 saturated heterocycles. The third-order valence-electron chi connectivity index (χ3n) is 8.18. The molecule has 0 aromatic rings. The van der Waals surface area contributed by atoms with Crippen LogP contribution in [0.5, 0.6) is 0 Å². The molecular weight excluding hydrogens is 689 g/mol. The lowest BCUT2D eigenvalue weighted by atomic mass is 10.1. The van der Waals surface area contributed by atoms with E-state index in [9.17, 15) is 19.4 Å². The summed E-state index contributed by atoms with van der Waals surface area (Å²) in [6, 6.07) is 0. The smallest absolute Gasteiger partial charge is 0.472 e. The van der Waals surface area contributed by atoms with E-state index in [4.69, 9.17) is 24.3 Å². The molecule has 53 heavy (non-hydrogen) atoms. The summed E-state index contributed by atoms with van der Waals surface area (Å²) in [7, 11) is -4.32. The molecule has 0 saturated carbocycles. The Bertz CT molecular complexity index is 1050. The summed E-state index contributed by atoms with van der Waals surface area (Å²) in [6.07, 6.45) is 47.2. The number of carbonyl (C=O) groups excluding carboxylic acids is 1. The predicted molar refractivity (Wildman–Crippen MR) is 220 cm³/mol. The summed E-state index contributed by atoms with van der Waals surface area (Å²) in [5.74, 6) is -0.421. The van der Waals surface area contributed by atoms with Gasteiger partial charge in [0.15, 0.2) is 6.10 Å². The Labute approximate surface area is 323 Å². The van der Waals surface area contributed by atoms with Crippen LogP contribution in [0.25, 0.3) is 0 Å². The van der Waals surface area contributed by atoms with Crippen LogP contribution in [0.4, 0.5) is 0 Å². The van der Waals surface area contributed by atoms with E-state index in [1.54, 1.807) is 6.26 Å². The maximum Gasteiger partial charge on any atom is 0.472 e. The highest BCUT2D eigenvalue weighted by atomic mass is 31.2. The Hall–Kier alpha value is -2.26. The number of carbonyl (C=O) groups is 1. The lowest BCUT2D eigenvalue weighted by Gasteiger charge is -2.19. The zero-order valence-corrected chi connectivity index (χ0v) is 34.2. The Morgan fingerprint density at radius 2 is 1.15 bits per heavy atom. The molecule has 0 aromatic carbocycles. The number of nitrogens with two attached hydrogens (primary N) is 1. The van der Waals surface area contributed by atoms with Crippen LogP contribution < -0.4 is 5.73 Å². The Balaban J connectivity index is 4.25. The molecule has 0 spiro atoms. The molecule has 0 rings (SSSR count). The van der Waals surface area contributed by atoms with Gasteiger partial charge in [0, 0.05) is 13.0 Å². The molecule has 9 nitrogen and oxygen atoms in total. The van der Waals surface area contributed by atoms with Crippen LogP contribution in [-0.2, 0) is 27.9 Å². The fourth-order valence-corrected chi connectivity index (χ4v) is 5.91. The maximum atomic E-state index is 12.5. The summed E-state index contributed by atoms with van der Waals surface area (Å²) < 4.78 is 33.0. The molecule has 0 aliphatic rings. The van der Waals surface area contributed by atoms with Gasteiger partial charge in [0.2, 0.25) is 0 Å². The number of phosphoric acid groups is 1. The molecule has 0 amide bonds. The minimum Gasteiger partial charge on any atom is -0.498 e. The van der Waals surface area contributed by atoms with Crippen LogP contribution >= 0.6 is 7.82 Å². The molecule has 0 radical (unpaired) electrons. The molecule has 0 heterocycles. The monoisotopic (exact) mass is 766 g/mol. The molecule has 10 heteroatoms. The standard InChI is InChI=1S/C43H76NO8P/c1-3-4-5-6-7-8-9-10-11-15-18-21-24-27-30-33-37-49-39-42(40-51-53(47,48)50-38-36-44)52-43(46)35-32-29-26-23-20-17-14-12-13-16-19-22-25-28-31-34-41(2)45/h8-9,13-14,16-17,22-23,25-26,33,37,41-42,45H,3-7,10-12,15,18-21,24,27-32,34-36,38-40,44H2,1-2H3,(H,47,48)/b9-8-,16-13-,17-14-,25-22-,26-23-,37-33+/t41-,42+/m0/s1. The van der Waals surface area contributed by atoms with Gasteiger partial charge in [-0.1, -0.05) is 113 Å². The molecule has 0 aliphatic carbocycles. The van der Waals surface area contributed by atoms with Crippen molar-refractivity contribution in [3.63, 3.8) is 0 Å². The summed E-state index contributed by atoms with van der Waals surface area (Å²) >= 11 is 0. The van der Waals surface area contributed by atoms with Gasteiger partial charge >= 0.3 is 13.8 Å². The molecule has 0 aromatic heterocycles. The molecule has 0 aliphatic heterocycles. The quantitative estimate of drug-likeness (QED) is 0.0184. The van der Waals surface area contributed by atoms with Crippen molar-refractivity contribution in [3.05, 3.63) is 73.1 Å². The first-order chi connectivity index (χ1) is 25.8. The molecule has 306 valence electrons. The highest BCUT2D eigenvalue weighted by Crippen LogP contribution is 2.43. The van der Waals surface area contributed by atoms with Gasteiger partial charge in [-0.05, 0) is 103 Å². The lowest BCUT2D eigenvalue weighted by Crippen LogP contribution is -2.27. The van der Waals surface area contributed by atoms with Crippen LogP contribution in [0.15, 0.2) is 73.1 Å². The van der Waals surface area contributed by atoms with E-state index in [2.05, 4.69) is 67.7 Å². The summed E-state index contributed by atoms with van der Waals surface area (Å²) in [6.45, 7) is 3.68. The van der Waals surface area contributed by atoms with Gasteiger partial charge in [-0.2, -0.15) is 0 Å². The van der Waals surface area contributed by atoms with Crippen molar-refractivity contribution in [2.45, 2.75) is 167 Å². The van der Waals surface area contributed by atoms with Crippen molar-refractivity contribution in [2.75, 3.05) is 26.4 Å². The number of unbranched alkanes of at least 4 members (excludes halogenated alkanes) is 13. The molecule has 0 fully saturated rings. The third-order valence-corrected chi connectivity index (χ3v) is 9.16. The molecule has 3 atom stereocenters. The SMILES string of the molecule is CCCCCC/C=C\CCCCCCCC/C=C/OC[C@H](COP(=O)(O)OCCN)OC(=O)CCC/C=C\C/C=C\C/C=C\C/C=C\CCC[C@H](C)O. The Morgan fingerprint density at radius 1 is 0.660 bits per heavy atom. The first-order valence-corrected chi connectivity index (χ1v) is 22.0. The summed E-state index contributed by atoms with van der Waals surface area (Å²) in [5, 5.41) is 9.26. The van der Waals surface area contributed by atoms with Crippen LogP contribution in [0, 0.1) is 0 Å². The van der Waals surface area contributed by atoms with Crippen molar-refractivity contribution in [3.8, 4) is 0 Å². The van der Waals surface area contributed by atoms with E-state index < -0.39 is 19.9 Å². The minimum atomic E-state index is -4.32. The summed E-state index contributed by atoms with van der Waals surface area (Å²) in [5.41, 5.74) is 5.35. The fourth-order valence-electron chi connectivity index (χ4n) is 5.14. The average Bonchev–Trinajstić information content (AvgIpc) is 3.13. The van der Waals surface area contributed by atoms with E-state index in [-0.39, 0.29) is 38.9 Å². The maximum absolute atomic E-state index is 12.5. The first-order valence-electron chi connectivity index (χ1n) is 20.5. The van der Waals surface area contributed by atoms with Gasteiger partial charge in [0.05, 0.1) is 25.6 Å². The van der Waals surface area contributed by atoms with Crippen molar-refractivity contribution in [2.24, 2.45) is 5.73 Å². The molecular formula is C43H76NO8P. The highest BCUT2D eigenvalue weighted by molar-refractivity contribution is 7.47. The first kappa shape index (κ1) is 50.7. The number of aliphatic hydroxyl groups excluding tert-OH is 1. The Morgan fingerprint density at radius 3 is 1.72 bits per heavy atom. The molecule has 0 bridgehead atoms. The third kappa shape index (κ3) is 40.8. The predicted octanol–water partition coefficient (Wildman–Crippen LogP) is 11.3. The van der Waals surface area contributed by atoms with Gasteiger partial charge in [0.25, 0.3) is 0 Å². The van der Waals surface area contributed by atoms with Crippen molar-refractivity contribution in [1.82, 2.24) is 0 Å². The zero-order chi connectivity index (χ0) is 38.9. The van der Waals surface area contributed by atoms with Gasteiger partial charge in [-0.3, -0.25) is 13.8 Å². The van der Waals surface area contributed by atoms with Crippen LogP contribution in [0.3, 0.4) is 0 Å². The molecule has 4 N–H and O–H groups in total. The number of hydrogen-bond acceptors (Lipinski definition) is 8. The average molecular weight is 766 g/mol. The minimum absolute atomic E-state index is 0.00470. The van der Waals surface area contributed by atoms with Crippen LogP contribution in [-0.4, -0.2) is 54.5 Å². The van der Waals surface area contributed by atoms with Crippen LogP contribution in [0.1, 0.15) is 155 Å². The second-order valence-corrected chi connectivity index (χ2v) is 14.9. The lowest BCUT2D eigenvalue weighted by molar-refractivity contribution is -0.153. The van der Waals surface area contributed by atoms with Gasteiger partial charge in [0.1, 0.15) is 6.61 Å². The normalized spacial score (nSPS) is 14.8.